The van der Waals surface area contributed by atoms with Crippen LogP contribution in [0.15, 0.2) is 53.3 Å². The highest BCUT2D eigenvalue weighted by atomic mass is 16.5. The van der Waals surface area contributed by atoms with Crippen LogP contribution in [0.3, 0.4) is 0 Å². The average molecular weight is 282 g/mol. The zero-order valence-corrected chi connectivity index (χ0v) is 11.2. The Hall–Kier alpha value is -2.89. The topological polar surface area (TPSA) is 84.1 Å². The van der Waals surface area contributed by atoms with Crippen LogP contribution in [-0.4, -0.2) is 20.2 Å². The van der Waals surface area contributed by atoms with E-state index in [0.717, 1.165) is 11.3 Å². The van der Waals surface area contributed by atoms with Gasteiger partial charge in [0.2, 0.25) is 5.89 Å². The predicted octanol–water partition coefficient (Wildman–Crippen LogP) is 2.37. The van der Waals surface area contributed by atoms with Crippen molar-refractivity contribution in [2.45, 2.75) is 13.0 Å². The number of rotatable bonds is 5. The van der Waals surface area contributed by atoms with E-state index < -0.39 is 0 Å². The van der Waals surface area contributed by atoms with Gasteiger partial charge in [-0.15, -0.1) is 0 Å². The van der Waals surface area contributed by atoms with Gasteiger partial charge in [-0.25, -0.2) is 0 Å². The van der Waals surface area contributed by atoms with E-state index in [2.05, 4.69) is 20.4 Å². The third kappa shape index (κ3) is 3.56. The van der Waals surface area contributed by atoms with Gasteiger partial charge in [-0.05, 0) is 42.0 Å². The summed E-state index contributed by atoms with van der Waals surface area (Å²) >= 11 is 0. The van der Waals surface area contributed by atoms with Gasteiger partial charge in [0.1, 0.15) is 5.75 Å². The number of nitrogens with one attached hydrogen (secondary N) is 1. The average Bonchev–Trinajstić information content (AvgIpc) is 2.95. The Morgan fingerprint density at radius 2 is 1.81 bits per heavy atom. The van der Waals surface area contributed by atoms with Gasteiger partial charge in [-0.2, -0.15) is 4.98 Å². The Morgan fingerprint density at radius 3 is 2.57 bits per heavy atom. The number of aromatic hydroxyl groups is 1. The summed E-state index contributed by atoms with van der Waals surface area (Å²) in [6.07, 6.45) is 4.09. The number of aromatic nitrogens is 3. The Balaban J connectivity index is 1.59. The van der Waals surface area contributed by atoms with E-state index in [1.807, 2.05) is 12.1 Å². The van der Waals surface area contributed by atoms with Crippen LogP contribution in [0.2, 0.25) is 0 Å². The number of phenolic OH excluding ortho intramolecular Hbond substituents is 1. The van der Waals surface area contributed by atoms with Gasteiger partial charge in [0.15, 0.2) is 5.82 Å². The van der Waals surface area contributed by atoms with E-state index in [4.69, 9.17) is 4.52 Å². The zero-order valence-electron chi connectivity index (χ0n) is 11.2. The zero-order chi connectivity index (χ0) is 14.5. The van der Waals surface area contributed by atoms with Crippen LogP contribution in [0.5, 0.6) is 5.75 Å². The molecule has 0 atom stereocenters. The second-order valence-electron chi connectivity index (χ2n) is 4.54. The summed E-state index contributed by atoms with van der Waals surface area (Å²) in [5.74, 6) is 1.40. The quantitative estimate of drug-likeness (QED) is 0.699. The molecule has 0 saturated heterocycles. The molecule has 106 valence electrons. The predicted molar refractivity (Wildman–Crippen MR) is 76.8 cm³/mol. The van der Waals surface area contributed by atoms with Gasteiger partial charge in [-0.1, -0.05) is 5.16 Å². The molecular formula is C15H14N4O2. The summed E-state index contributed by atoms with van der Waals surface area (Å²) < 4.78 is 5.19. The minimum absolute atomic E-state index is 0.234. The molecule has 0 aliphatic rings. The molecule has 0 amide bonds. The van der Waals surface area contributed by atoms with Crippen LogP contribution in [-0.2, 0) is 13.0 Å². The van der Waals surface area contributed by atoms with Crippen molar-refractivity contribution >= 4 is 5.69 Å². The SMILES string of the molecule is Oc1ccc(NCc2nc(Cc3ccncc3)no2)cc1. The number of nitrogens with zero attached hydrogens (tertiary/aromatic N) is 3. The van der Waals surface area contributed by atoms with Crippen LogP contribution in [0.1, 0.15) is 17.3 Å². The van der Waals surface area contributed by atoms with Gasteiger partial charge in [0.25, 0.3) is 0 Å². The second-order valence-corrected chi connectivity index (χ2v) is 4.54. The fourth-order valence-corrected chi connectivity index (χ4v) is 1.87. The highest BCUT2D eigenvalue weighted by molar-refractivity contribution is 5.45. The van der Waals surface area contributed by atoms with Crippen molar-refractivity contribution in [3.63, 3.8) is 0 Å². The van der Waals surface area contributed by atoms with Crippen molar-refractivity contribution < 1.29 is 9.63 Å². The van der Waals surface area contributed by atoms with E-state index in [9.17, 15) is 5.11 Å². The fraction of sp³-hybridized carbons (Fsp3) is 0.133. The third-order valence-electron chi connectivity index (χ3n) is 2.93. The Bertz CT molecular complexity index is 695. The summed E-state index contributed by atoms with van der Waals surface area (Å²) in [7, 11) is 0. The summed E-state index contributed by atoms with van der Waals surface area (Å²) in [6, 6.07) is 10.6. The van der Waals surface area contributed by atoms with E-state index in [0.29, 0.717) is 24.7 Å². The normalized spacial score (nSPS) is 10.5. The van der Waals surface area contributed by atoms with Crippen molar-refractivity contribution in [2.24, 2.45) is 0 Å². The minimum Gasteiger partial charge on any atom is -0.508 e. The first-order chi connectivity index (χ1) is 10.3. The standard InChI is InChI=1S/C15H14N4O2/c20-13-3-1-12(2-4-13)17-10-15-18-14(19-21-15)9-11-5-7-16-8-6-11/h1-8,17,20H,9-10H2. The maximum absolute atomic E-state index is 9.21. The first kappa shape index (κ1) is 13.1. The van der Waals surface area contributed by atoms with Crippen molar-refractivity contribution in [2.75, 3.05) is 5.32 Å². The Labute approximate surface area is 121 Å². The number of pyridine rings is 1. The smallest absolute Gasteiger partial charge is 0.245 e. The molecule has 2 heterocycles. The van der Waals surface area contributed by atoms with Gasteiger partial charge in [0.05, 0.1) is 6.54 Å². The van der Waals surface area contributed by atoms with Crippen molar-refractivity contribution in [1.82, 2.24) is 15.1 Å². The van der Waals surface area contributed by atoms with Gasteiger partial charge in [0, 0.05) is 24.5 Å². The molecule has 0 spiro atoms. The van der Waals surface area contributed by atoms with E-state index in [1.54, 1.807) is 36.7 Å². The summed E-state index contributed by atoms with van der Waals surface area (Å²) in [5.41, 5.74) is 1.96. The highest BCUT2D eigenvalue weighted by Crippen LogP contribution is 2.14. The lowest BCUT2D eigenvalue weighted by molar-refractivity contribution is 0.378. The lowest BCUT2D eigenvalue weighted by atomic mass is 10.2. The molecule has 21 heavy (non-hydrogen) atoms. The maximum Gasteiger partial charge on any atom is 0.245 e. The first-order valence-corrected chi connectivity index (χ1v) is 6.53. The van der Waals surface area contributed by atoms with Gasteiger partial charge in [-0.3, -0.25) is 4.98 Å². The highest BCUT2D eigenvalue weighted by Gasteiger charge is 2.07. The van der Waals surface area contributed by atoms with Crippen LogP contribution >= 0.6 is 0 Å². The van der Waals surface area contributed by atoms with Crippen LogP contribution in [0.25, 0.3) is 0 Å². The third-order valence-corrected chi connectivity index (χ3v) is 2.93. The molecule has 0 aliphatic heterocycles. The van der Waals surface area contributed by atoms with Crippen LogP contribution in [0.4, 0.5) is 5.69 Å². The number of anilines is 1. The monoisotopic (exact) mass is 282 g/mol. The van der Waals surface area contributed by atoms with E-state index in [1.165, 1.54) is 0 Å². The molecule has 6 nitrogen and oxygen atoms in total. The van der Waals surface area contributed by atoms with Crippen LogP contribution in [0, 0.1) is 0 Å². The molecule has 6 heteroatoms. The number of hydrogen-bond acceptors (Lipinski definition) is 6. The van der Waals surface area contributed by atoms with Crippen molar-refractivity contribution in [1.29, 1.82) is 0 Å². The molecule has 0 fully saturated rings. The maximum atomic E-state index is 9.21. The Morgan fingerprint density at radius 1 is 1.05 bits per heavy atom. The van der Waals surface area contributed by atoms with Crippen molar-refractivity contribution in [3.05, 3.63) is 66.1 Å². The molecule has 2 N–H and O–H groups in total. The molecule has 0 aliphatic carbocycles. The molecule has 1 aromatic carbocycles. The molecule has 3 aromatic rings. The molecular weight excluding hydrogens is 268 g/mol. The van der Waals surface area contributed by atoms with Gasteiger partial charge >= 0.3 is 0 Å². The molecule has 0 bridgehead atoms. The summed E-state index contributed by atoms with van der Waals surface area (Å²) in [5, 5.41) is 16.3. The van der Waals surface area contributed by atoms with Gasteiger partial charge < -0.3 is 14.9 Å². The summed E-state index contributed by atoms with van der Waals surface area (Å²) in [6.45, 7) is 0.439. The molecule has 2 aromatic heterocycles. The minimum atomic E-state index is 0.234. The van der Waals surface area contributed by atoms with E-state index in [-0.39, 0.29) is 5.75 Å². The molecule has 0 unspecified atom stereocenters. The molecule has 3 rings (SSSR count). The van der Waals surface area contributed by atoms with Crippen LogP contribution < -0.4 is 5.32 Å². The largest absolute Gasteiger partial charge is 0.508 e. The van der Waals surface area contributed by atoms with Crippen molar-refractivity contribution in [3.8, 4) is 5.75 Å². The number of benzene rings is 1. The lowest BCUT2D eigenvalue weighted by Crippen LogP contribution is -1.99. The molecule has 0 saturated carbocycles. The lowest BCUT2D eigenvalue weighted by Gasteiger charge is -2.02. The fourth-order valence-electron chi connectivity index (χ4n) is 1.87. The number of hydrogen-bond donors (Lipinski definition) is 2. The summed E-state index contributed by atoms with van der Waals surface area (Å²) in [4.78, 5) is 8.30. The van der Waals surface area contributed by atoms with E-state index >= 15 is 0 Å². The second kappa shape index (κ2) is 6.04. The molecule has 0 radical (unpaired) electrons. The first-order valence-electron chi connectivity index (χ1n) is 6.53. The Kier molecular flexibility index (Phi) is 3.77. The number of phenols is 1.